The topological polar surface area (TPSA) is 141 Å². The van der Waals surface area contributed by atoms with Gasteiger partial charge in [0.1, 0.15) is 17.8 Å². The van der Waals surface area contributed by atoms with Gasteiger partial charge in [0.05, 0.1) is 19.3 Å². The van der Waals surface area contributed by atoms with Gasteiger partial charge in [0.25, 0.3) is 12.1 Å². The van der Waals surface area contributed by atoms with Crippen LogP contribution >= 0.6 is 19.4 Å². The van der Waals surface area contributed by atoms with Gasteiger partial charge in [-0.1, -0.05) is 23.7 Å². The van der Waals surface area contributed by atoms with Gasteiger partial charge < -0.3 is 20.7 Å². The van der Waals surface area contributed by atoms with Crippen LogP contribution in [0.1, 0.15) is 34.7 Å². The highest BCUT2D eigenvalue weighted by atomic mass is 35.5. The molecule has 2 saturated heterocycles. The van der Waals surface area contributed by atoms with Crippen LogP contribution in [0.5, 0.6) is 0 Å². The third-order valence-electron chi connectivity index (χ3n) is 5.24. The molecule has 1 aromatic carbocycles. The molecule has 1 aromatic heterocycles. The first kappa shape index (κ1) is 23.3. The average molecular weight is 486 g/mol. The molecule has 10 nitrogen and oxygen atoms in total. The molecular formula is C20H23ClN2O8P+. The van der Waals surface area contributed by atoms with Gasteiger partial charge in [-0.25, -0.2) is 4.57 Å². The molecule has 3 heterocycles. The number of carbonyl (C=O) groups is 1. The summed E-state index contributed by atoms with van der Waals surface area (Å²) in [5, 5.41) is 21.3. The van der Waals surface area contributed by atoms with Gasteiger partial charge >= 0.3 is 7.82 Å². The Morgan fingerprint density at radius 1 is 1.28 bits per heavy atom. The molecule has 0 spiro atoms. The number of aliphatic hydroxyl groups is 2. The second-order valence-electron chi connectivity index (χ2n) is 7.46. The van der Waals surface area contributed by atoms with Crippen LogP contribution in [-0.4, -0.2) is 47.6 Å². The summed E-state index contributed by atoms with van der Waals surface area (Å²) >= 11 is 6.02. The zero-order valence-electron chi connectivity index (χ0n) is 16.8. The molecule has 2 aromatic rings. The fourth-order valence-corrected chi connectivity index (χ4v) is 5.18. The number of rotatable bonds is 6. The fraction of sp³-hybridized carbons (Fsp3) is 0.400. The molecule has 172 valence electrons. The second-order valence-corrected chi connectivity index (χ2v) is 9.52. The van der Waals surface area contributed by atoms with Crippen molar-refractivity contribution in [3.05, 3.63) is 64.9 Å². The van der Waals surface area contributed by atoms with Crippen LogP contribution < -0.4 is 10.3 Å². The third kappa shape index (κ3) is 5.03. The summed E-state index contributed by atoms with van der Waals surface area (Å²) in [5.41, 5.74) is 6.23. The number of pyridine rings is 1. The van der Waals surface area contributed by atoms with E-state index in [2.05, 4.69) is 0 Å². The summed E-state index contributed by atoms with van der Waals surface area (Å²) in [4.78, 5) is 11.4. The van der Waals surface area contributed by atoms with Gasteiger partial charge in [-0.2, -0.15) is 4.57 Å². The number of phosphoric acid groups is 1. The Kier molecular flexibility index (Phi) is 6.94. The number of primary amides is 1. The molecule has 4 N–H and O–H groups in total. The van der Waals surface area contributed by atoms with E-state index in [0.29, 0.717) is 11.4 Å². The van der Waals surface area contributed by atoms with E-state index in [1.807, 2.05) is 0 Å². The molecule has 4 rings (SSSR count). The van der Waals surface area contributed by atoms with E-state index >= 15 is 0 Å². The molecule has 2 aliphatic heterocycles. The summed E-state index contributed by atoms with van der Waals surface area (Å²) in [6.45, 7) is -0.214. The Morgan fingerprint density at radius 3 is 2.84 bits per heavy atom. The van der Waals surface area contributed by atoms with Gasteiger partial charge in [-0.05, 0) is 23.8 Å². The van der Waals surface area contributed by atoms with Crippen LogP contribution in [0.2, 0.25) is 5.02 Å². The highest BCUT2D eigenvalue weighted by molar-refractivity contribution is 7.48. The van der Waals surface area contributed by atoms with E-state index in [1.54, 1.807) is 36.5 Å². The lowest BCUT2D eigenvalue weighted by molar-refractivity contribution is -0.765. The molecule has 2 fully saturated rings. The number of ether oxygens (including phenoxy) is 1. The summed E-state index contributed by atoms with van der Waals surface area (Å²) in [5.74, 6) is -0.647. The van der Waals surface area contributed by atoms with E-state index in [-0.39, 0.29) is 18.8 Å². The van der Waals surface area contributed by atoms with Crippen molar-refractivity contribution in [1.29, 1.82) is 0 Å². The number of halogens is 1. The lowest BCUT2D eigenvalue weighted by Gasteiger charge is -2.29. The zero-order valence-corrected chi connectivity index (χ0v) is 18.5. The van der Waals surface area contributed by atoms with Crippen LogP contribution in [0, 0.1) is 0 Å². The minimum atomic E-state index is -3.95. The number of hydrogen-bond donors (Lipinski definition) is 3. The Labute approximate surface area is 189 Å². The molecule has 6 atom stereocenters. The van der Waals surface area contributed by atoms with Crippen molar-refractivity contribution in [3.63, 3.8) is 0 Å². The quantitative estimate of drug-likeness (QED) is 0.414. The Hall–Kier alpha value is -1.88. The lowest BCUT2D eigenvalue weighted by Crippen LogP contribution is -2.46. The monoisotopic (exact) mass is 485 g/mol. The lowest BCUT2D eigenvalue weighted by atomic mass is 10.1. The highest BCUT2D eigenvalue weighted by Crippen LogP contribution is 2.57. The molecule has 3 unspecified atom stereocenters. The first-order valence-electron chi connectivity index (χ1n) is 9.91. The maximum atomic E-state index is 13.0. The van der Waals surface area contributed by atoms with Crippen molar-refractivity contribution in [2.75, 3.05) is 13.2 Å². The number of carbonyl (C=O) groups excluding carboxylic acids is 1. The van der Waals surface area contributed by atoms with E-state index in [1.165, 1.54) is 16.8 Å². The predicted molar refractivity (Wildman–Crippen MR) is 110 cm³/mol. The van der Waals surface area contributed by atoms with Crippen LogP contribution in [-0.2, 0) is 22.9 Å². The second kappa shape index (κ2) is 9.54. The summed E-state index contributed by atoms with van der Waals surface area (Å²) in [6.07, 6.45) is -1.82. The van der Waals surface area contributed by atoms with E-state index in [9.17, 15) is 19.6 Å². The van der Waals surface area contributed by atoms with Crippen molar-refractivity contribution in [1.82, 2.24) is 0 Å². The molecule has 0 aliphatic carbocycles. The Morgan fingerprint density at radius 2 is 2.09 bits per heavy atom. The van der Waals surface area contributed by atoms with E-state index in [0.717, 1.165) is 5.56 Å². The van der Waals surface area contributed by atoms with Crippen molar-refractivity contribution < 1.29 is 42.4 Å². The van der Waals surface area contributed by atoms with Gasteiger partial charge in [-0.3, -0.25) is 18.4 Å². The zero-order chi connectivity index (χ0) is 22.9. The number of nitrogens with zero attached hydrogens (tertiary/aromatic N) is 1. The largest absolute Gasteiger partial charge is 0.475 e. The highest BCUT2D eigenvalue weighted by Gasteiger charge is 2.49. The molecule has 12 heteroatoms. The minimum absolute atomic E-state index is 0.142. The maximum absolute atomic E-state index is 13.0. The number of aliphatic hydroxyl groups excluding tert-OH is 2. The molecule has 0 bridgehead atoms. The maximum Gasteiger partial charge on any atom is 0.475 e. The molecule has 0 radical (unpaired) electrons. The van der Waals surface area contributed by atoms with Crippen LogP contribution in [0.25, 0.3) is 0 Å². The van der Waals surface area contributed by atoms with Gasteiger partial charge in [0.15, 0.2) is 18.5 Å². The van der Waals surface area contributed by atoms with Crippen molar-refractivity contribution in [2.45, 2.75) is 37.1 Å². The normalized spacial score (nSPS) is 32.7. The minimum Gasteiger partial charge on any atom is -0.387 e. The van der Waals surface area contributed by atoms with Crippen LogP contribution in [0.4, 0.5) is 0 Å². The number of hydrogen-bond acceptors (Lipinski definition) is 8. The van der Waals surface area contributed by atoms with Crippen LogP contribution in [0.3, 0.4) is 0 Å². The van der Waals surface area contributed by atoms with Gasteiger partial charge in [0, 0.05) is 17.5 Å². The summed E-state index contributed by atoms with van der Waals surface area (Å²) in [6, 6.07) is 10.1. The smallest absolute Gasteiger partial charge is 0.387 e. The summed E-state index contributed by atoms with van der Waals surface area (Å²) in [7, 11) is -3.95. The van der Waals surface area contributed by atoms with Crippen molar-refractivity contribution >= 4 is 25.3 Å². The van der Waals surface area contributed by atoms with Gasteiger partial charge in [0.2, 0.25) is 0 Å². The van der Waals surface area contributed by atoms with Gasteiger partial charge in [-0.15, -0.1) is 0 Å². The number of aromatic nitrogens is 1. The number of benzene rings is 1. The first-order valence-corrected chi connectivity index (χ1v) is 11.7. The van der Waals surface area contributed by atoms with Crippen molar-refractivity contribution in [3.8, 4) is 0 Å². The third-order valence-corrected chi connectivity index (χ3v) is 6.95. The fourth-order valence-electron chi connectivity index (χ4n) is 3.59. The first-order chi connectivity index (χ1) is 15.3. The average Bonchev–Trinajstić information content (AvgIpc) is 3.06. The standard InChI is InChI=1S/C20H22ClN2O8P/c21-14-5-1-3-12(9-14)15-6-8-28-32(27,31-15)29-11-16-17(24)18(25)20(30-16)23-7-2-4-13(10-23)19(22)26/h1-5,7,9-10,15-18,20,24-25H,6,8,11H2,(H-,22,26)/p+1/t15?,16-,17?,18+,20-,32?/m1/s1. The molecule has 0 saturated carbocycles. The SMILES string of the molecule is NC(=O)c1ccc[n+]([C@@H]2O[C@H](COP3(=O)OCCC(c4cccc(Cl)c4)O3)C(O)[C@@H]2O)c1. The summed E-state index contributed by atoms with van der Waals surface area (Å²) < 4.78 is 36.3. The molecule has 2 aliphatic rings. The number of phosphoric ester groups is 1. The number of nitrogens with two attached hydrogens (primary N) is 1. The van der Waals surface area contributed by atoms with Crippen molar-refractivity contribution in [2.24, 2.45) is 5.73 Å². The molecule has 1 amide bonds. The molecular weight excluding hydrogens is 463 g/mol. The Balaban J connectivity index is 1.41. The molecule has 32 heavy (non-hydrogen) atoms. The van der Waals surface area contributed by atoms with Crippen LogP contribution in [0.15, 0.2) is 48.8 Å². The number of amides is 1. The van der Waals surface area contributed by atoms with E-state index in [4.69, 9.17) is 35.6 Å². The van der Waals surface area contributed by atoms with E-state index < -0.39 is 44.4 Å². The Bertz CT molecular complexity index is 1040. The predicted octanol–water partition coefficient (Wildman–Crippen LogP) is 1.65.